The van der Waals surface area contributed by atoms with Crippen LogP contribution < -0.4 is 44.9 Å². The molecule has 1 saturated heterocycles. The van der Waals surface area contributed by atoms with E-state index in [1.165, 1.54) is 0 Å². The largest absolute Gasteiger partial charge is 1.00 e. The first-order chi connectivity index (χ1) is 13.9. The van der Waals surface area contributed by atoms with Gasteiger partial charge in [0.05, 0.1) is 0 Å². The topological polar surface area (TPSA) is 98.2 Å². The summed E-state index contributed by atoms with van der Waals surface area (Å²) in [6.45, 7) is 5.78. The van der Waals surface area contributed by atoms with E-state index in [9.17, 15) is 14.7 Å². The average Bonchev–Trinajstić information content (AvgIpc) is 3.18. The fourth-order valence-electron chi connectivity index (χ4n) is 3.47. The van der Waals surface area contributed by atoms with Crippen LogP contribution in [0.3, 0.4) is 0 Å². The van der Waals surface area contributed by atoms with Crippen molar-refractivity contribution in [2.75, 3.05) is 23.3 Å². The Labute approximate surface area is 199 Å². The summed E-state index contributed by atoms with van der Waals surface area (Å²) in [5, 5.41) is 14.0. The number of aromatic nitrogens is 2. The van der Waals surface area contributed by atoms with Crippen molar-refractivity contribution in [2.45, 2.75) is 46.0 Å². The van der Waals surface area contributed by atoms with E-state index in [0.717, 1.165) is 37.2 Å². The number of rotatable bonds is 8. The molecule has 0 atom stereocenters. The Morgan fingerprint density at radius 1 is 1.17 bits per heavy atom. The summed E-state index contributed by atoms with van der Waals surface area (Å²) < 4.78 is 0. The Kier molecular flexibility index (Phi) is 9.27. The zero-order valence-electron chi connectivity index (χ0n) is 18.0. The fraction of sp³-hybridized carbons (Fsp3) is 0.455. The molecule has 8 heteroatoms. The molecule has 1 aromatic heterocycles. The van der Waals surface area contributed by atoms with E-state index in [-0.39, 0.29) is 41.9 Å². The van der Waals surface area contributed by atoms with Gasteiger partial charge >= 0.3 is 29.6 Å². The zero-order chi connectivity index (χ0) is 20.8. The molecule has 0 saturated carbocycles. The van der Waals surface area contributed by atoms with Gasteiger partial charge in [-0.1, -0.05) is 26.0 Å². The van der Waals surface area contributed by atoms with Crippen LogP contribution in [0.2, 0.25) is 0 Å². The number of carbonyl (C=O) groups is 2. The zero-order valence-corrected chi connectivity index (χ0v) is 20.0. The molecule has 0 bridgehead atoms. The Morgan fingerprint density at radius 3 is 2.43 bits per heavy atom. The summed E-state index contributed by atoms with van der Waals surface area (Å²) in [6.07, 6.45) is 4.60. The van der Waals surface area contributed by atoms with E-state index in [4.69, 9.17) is 0 Å². The molecule has 1 amide bonds. The van der Waals surface area contributed by atoms with Crippen LogP contribution in [0.25, 0.3) is 0 Å². The number of benzene rings is 1. The molecule has 154 valence electrons. The van der Waals surface area contributed by atoms with Crippen molar-refractivity contribution in [2.24, 2.45) is 5.92 Å². The van der Waals surface area contributed by atoms with Gasteiger partial charge in [-0.05, 0) is 36.5 Å². The van der Waals surface area contributed by atoms with Gasteiger partial charge in [0, 0.05) is 55.8 Å². The number of carboxylic acid groups (broad SMARTS) is 1. The number of carboxylic acids is 1. The number of hydrogen-bond donors (Lipinski definition) is 1. The van der Waals surface area contributed by atoms with E-state index in [1.54, 1.807) is 6.20 Å². The normalized spacial score (nSPS) is 13.2. The second-order valence-corrected chi connectivity index (χ2v) is 7.90. The minimum atomic E-state index is -1.13. The van der Waals surface area contributed by atoms with Gasteiger partial charge in [-0.3, -0.25) is 4.79 Å². The van der Waals surface area contributed by atoms with Crippen molar-refractivity contribution < 1.29 is 44.3 Å². The maximum absolute atomic E-state index is 11.9. The standard InChI is InChI=1S/C22H28N4O3.Na/c1-15(2)11-20(27)24-18-7-5-16(6-8-18)12-19-23-14-17(13-21(28)29)22(25-19)26-9-3-4-10-26;/h5-8,14-15H,3-4,9-13H2,1-2H3,(H,24,27)(H,28,29);/q;+1/p-1. The van der Waals surface area contributed by atoms with Crippen molar-refractivity contribution in [3.63, 3.8) is 0 Å². The maximum Gasteiger partial charge on any atom is 1.00 e. The minimum Gasteiger partial charge on any atom is -0.550 e. The fourth-order valence-corrected chi connectivity index (χ4v) is 3.47. The molecular formula is C22H27N4NaO3. The monoisotopic (exact) mass is 418 g/mol. The van der Waals surface area contributed by atoms with E-state index in [1.807, 2.05) is 38.1 Å². The number of anilines is 2. The second kappa shape index (κ2) is 11.4. The summed E-state index contributed by atoms with van der Waals surface area (Å²) >= 11 is 0. The Bertz CT molecular complexity index is 865. The van der Waals surface area contributed by atoms with Crippen LogP contribution in [0.5, 0.6) is 0 Å². The molecular weight excluding hydrogens is 391 g/mol. The first-order valence-corrected chi connectivity index (χ1v) is 10.1. The summed E-state index contributed by atoms with van der Waals surface area (Å²) in [6, 6.07) is 7.64. The van der Waals surface area contributed by atoms with Crippen LogP contribution >= 0.6 is 0 Å². The molecule has 0 spiro atoms. The molecule has 1 aliphatic rings. The third-order valence-electron chi connectivity index (χ3n) is 4.83. The van der Waals surface area contributed by atoms with E-state index in [0.29, 0.717) is 36.0 Å². The predicted octanol–water partition coefficient (Wildman–Crippen LogP) is -1.05. The Hall–Kier alpha value is -1.96. The van der Waals surface area contributed by atoms with Crippen molar-refractivity contribution in [3.8, 4) is 0 Å². The van der Waals surface area contributed by atoms with E-state index < -0.39 is 5.97 Å². The van der Waals surface area contributed by atoms with Gasteiger partial charge in [-0.25, -0.2) is 9.97 Å². The molecule has 3 rings (SSSR count). The maximum atomic E-state index is 11.9. The minimum absolute atomic E-state index is 0. The third kappa shape index (κ3) is 7.07. The number of carbonyl (C=O) groups excluding carboxylic acids is 2. The first kappa shape index (κ1) is 24.3. The van der Waals surface area contributed by atoms with Crippen LogP contribution in [0, 0.1) is 5.92 Å². The van der Waals surface area contributed by atoms with Gasteiger partial charge in [0.2, 0.25) is 5.91 Å². The number of hydrogen-bond acceptors (Lipinski definition) is 6. The van der Waals surface area contributed by atoms with Gasteiger partial charge in [-0.15, -0.1) is 0 Å². The predicted molar refractivity (Wildman–Crippen MR) is 110 cm³/mol. The molecule has 2 aromatic rings. The smallest absolute Gasteiger partial charge is 0.550 e. The molecule has 2 heterocycles. The van der Waals surface area contributed by atoms with Crippen LogP contribution in [0.1, 0.15) is 50.1 Å². The van der Waals surface area contributed by atoms with Gasteiger partial charge < -0.3 is 20.1 Å². The number of amides is 1. The van der Waals surface area contributed by atoms with Crippen molar-refractivity contribution in [1.29, 1.82) is 0 Å². The molecule has 1 fully saturated rings. The summed E-state index contributed by atoms with van der Waals surface area (Å²) in [7, 11) is 0. The van der Waals surface area contributed by atoms with Crippen LogP contribution in [0.15, 0.2) is 30.5 Å². The van der Waals surface area contributed by atoms with E-state index in [2.05, 4.69) is 20.2 Å². The Morgan fingerprint density at radius 2 is 1.83 bits per heavy atom. The average molecular weight is 418 g/mol. The van der Waals surface area contributed by atoms with Crippen molar-refractivity contribution >= 4 is 23.4 Å². The SMILES string of the molecule is CC(C)CC(=O)Nc1ccc(Cc2ncc(CC(=O)[O-])c(N3CCCC3)n2)cc1.[Na+]. The molecule has 0 radical (unpaired) electrons. The summed E-state index contributed by atoms with van der Waals surface area (Å²) in [5.74, 6) is 0.544. The molecule has 0 aliphatic carbocycles. The molecule has 7 nitrogen and oxygen atoms in total. The third-order valence-corrected chi connectivity index (χ3v) is 4.83. The number of nitrogens with one attached hydrogen (secondary N) is 1. The van der Waals surface area contributed by atoms with Crippen LogP contribution in [0.4, 0.5) is 11.5 Å². The molecule has 1 aromatic carbocycles. The second-order valence-electron chi connectivity index (χ2n) is 7.90. The molecule has 1 N–H and O–H groups in total. The summed E-state index contributed by atoms with van der Waals surface area (Å²) in [4.78, 5) is 34.1. The number of aliphatic carboxylic acids is 1. The van der Waals surface area contributed by atoms with Crippen molar-refractivity contribution in [3.05, 3.63) is 47.4 Å². The molecule has 30 heavy (non-hydrogen) atoms. The van der Waals surface area contributed by atoms with E-state index >= 15 is 0 Å². The first-order valence-electron chi connectivity index (χ1n) is 10.1. The van der Waals surface area contributed by atoms with Crippen LogP contribution in [-0.4, -0.2) is 34.9 Å². The van der Waals surface area contributed by atoms with Gasteiger partial charge in [0.1, 0.15) is 11.6 Å². The summed E-state index contributed by atoms with van der Waals surface area (Å²) in [5.41, 5.74) is 2.38. The van der Waals surface area contributed by atoms with Gasteiger partial charge in [0.15, 0.2) is 0 Å². The van der Waals surface area contributed by atoms with Gasteiger partial charge in [0.25, 0.3) is 0 Å². The van der Waals surface area contributed by atoms with Crippen LogP contribution in [-0.2, 0) is 22.4 Å². The number of nitrogens with zero attached hydrogens (tertiary/aromatic N) is 3. The van der Waals surface area contributed by atoms with Gasteiger partial charge in [-0.2, -0.15) is 0 Å². The van der Waals surface area contributed by atoms with Crippen molar-refractivity contribution in [1.82, 2.24) is 9.97 Å². The molecule has 0 unspecified atom stereocenters. The quantitative estimate of drug-likeness (QED) is 0.550. The Balaban J connectivity index is 0.00000320. The molecule has 1 aliphatic heterocycles.